The van der Waals surface area contributed by atoms with E-state index in [9.17, 15) is 10.1 Å². The number of hydrogen-bond acceptors (Lipinski definition) is 5. The number of carbonyl (C=O) groups excluding carboxylic acids is 1. The molecule has 0 radical (unpaired) electrons. The summed E-state index contributed by atoms with van der Waals surface area (Å²) in [5.74, 6) is 0.301. The zero-order valence-corrected chi connectivity index (χ0v) is 18.6. The van der Waals surface area contributed by atoms with Crippen LogP contribution in [-0.4, -0.2) is 37.0 Å². The Kier molecular flexibility index (Phi) is 4.83. The first-order valence-electron chi connectivity index (χ1n) is 11.2. The third-order valence-corrected chi connectivity index (χ3v) is 7.94. The van der Waals surface area contributed by atoms with Crippen molar-refractivity contribution >= 4 is 11.9 Å². The Morgan fingerprint density at radius 2 is 1.91 bits per heavy atom. The molecule has 1 heterocycles. The van der Waals surface area contributed by atoms with E-state index in [1.165, 1.54) is 10.5 Å². The van der Waals surface area contributed by atoms with Gasteiger partial charge in [-0.2, -0.15) is 5.26 Å². The third kappa shape index (κ3) is 2.96. The van der Waals surface area contributed by atoms with Crippen LogP contribution in [0.5, 0.6) is 0 Å². The topological polar surface area (TPSA) is 91.7 Å². The van der Waals surface area contributed by atoms with E-state index in [0.717, 1.165) is 48.8 Å². The number of nitrogens with two attached hydrogens (primary N) is 1. The quantitative estimate of drug-likeness (QED) is 0.789. The molecular weight excluding hydrogens is 400 g/mol. The van der Waals surface area contributed by atoms with Crippen molar-refractivity contribution in [1.82, 2.24) is 4.90 Å². The summed E-state index contributed by atoms with van der Waals surface area (Å²) in [7, 11) is 3.47. The molecule has 164 valence electrons. The molecule has 0 saturated heterocycles. The number of aliphatic imine (C=N–C) groups is 1. The summed E-state index contributed by atoms with van der Waals surface area (Å²) in [6.45, 7) is 0. The second kappa shape index (κ2) is 7.46. The molecule has 1 unspecified atom stereocenters. The van der Waals surface area contributed by atoms with Gasteiger partial charge in [-0.25, -0.2) is 4.99 Å². The van der Waals surface area contributed by atoms with Gasteiger partial charge < -0.3 is 10.5 Å². The number of hydrogen-bond donors (Lipinski definition) is 1. The van der Waals surface area contributed by atoms with Gasteiger partial charge >= 0.3 is 0 Å². The maximum absolute atomic E-state index is 13.1. The summed E-state index contributed by atoms with van der Waals surface area (Å²) < 4.78 is 5.64. The van der Waals surface area contributed by atoms with Crippen LogP contribution in [0.3, 0.4) is 0 Å². The van der Waals surface area contributed by atoms with E-state index in [4.69, 9.17) is 15.5 Å². The molecule has 0 aromatic heterocycles. The molecule has 1 fully saturated rings. The minimum absolute atomic E-state index is 0.00970. The van der Waals surface area contributed by atoms with Crippen LogP contribution >= 0.6 is 0 Å². The minimum atomic E-state index is -0.655. The van der Waals surface area contributed by atoms with Crippen LogP contribution in [0, 0.1) is 16.7 Å². The second-order valence-corrected chi connectivity index (χ2v) is 9.42. The summed E-state index contributed by atoms with van der Waals surface area (Å²) >= 11 is 0. The van der Waals surface area contributed by atoms with Crippen molar-refractivity contribution in [3.63, 3.8) is 0 Å². The number of methoxy groups -OCH3 is 1. The van der Waals surface area contributed by atoms with Crippen LogP contribution in [0.2, 0.25) is 0 Å². The molecule has 2 aromatic carbocycles. The standard InChI is InChI=1S/C26H28N4O2/c1-30-23(31)15-26(29-24(30)28)22-13-19(18-5-3-4-17(12-18)16-27)6-7-20(22)14-25(26)10-8-21(32-2)9-11-25/h3-7,12-13,21H,8-11,14-15H2,1-2H3,(H2,28,29)/t21-,25+,26?. The highest BCUT2D eigenvalue weighted by Crippen LogP contribution is 2.62. The van der Waals surface area contributed by atoms with Gasteiger partial charge in [0.2, 0.25) is 5.91 Å². The first-order chi connectivity index (χ1) is 15.4. The molecular formula is C26H28N4O2. The zero-order chi connectivity index (χ0) is 22.5. The fraction of sp³-hybridized carbons (Fsp3) is 0.423. The molecule has 2 aromatic rings. The first kappa shape index (κ1) is 20.7. The van der Waals surface area contributed by atoms with Crippen LogP contribution < -0.4 is 5.73 Å². The molecule has 1 saturated carbocycles. The Hall–Kier alpha value is -3.17. The van der Waals surface area contributed by atoms with Crippen molar-refractivity contribution < 1.29 is 9.53 Å². The van der Waals surface area contributed by atoms with Crippen molar-refractivity contribution in [3.8, 4) is 17.2 Å². The van der Waals surface area contributed by atoms with Gasteiger partial charge in [-0.05, 0) is 72.6 Å². The molecule has 6 heteroatoms. The smallest absolute Gasteiger partial charge is 0.231 e. The van der Waals surface area contributed by atoms with E-state index < -0.39 is 5.54 Å². The van der Waals surface area contributed by atoms with Crippen LogP contribution in [0.4, 0.5) is 0 Å². The molecule has 1 amide bonds. The van der Waals surface area contributed by atoms with Gasteiger partial charge in [-0.3, -0.25) is 9.69 Å². The highest BCUT2D eigenvalue weighted by Gasteiger charge is 2.61. The lowest BCUT2D eigenvalue weighted by molar-refractivity contribution is -0.131. The van der Waals surface area contributed by atoms with Crippen LogP contribution in [-0.2, 0) is 21.5 Å². The van der Waals surface area contributed by atoms with E-state index in [-0.39, 0.29) is 17.4 Å². The van der Waals surface area contributed by atoms with Crippen molar-refractivity contribution in [2.75, 3.05) is 14.2 Å². The molecule has 6 nitrogen and oxygen atoms in total. The third-order valence-electron chi connectivity index (χ3n) is 7.94. The molecule has 1 aliphatic heterocycles. The fourth-order valence-corrected chi connectivity index (χ4v) is 6.07. The lowest BCUT2D eigenvalue weighted by Gasteiger charge is -2.49. The van der Waals surface area contributed by atoms with Gasteiger partial charge in [0.15, 0.2) is 5.96 Å². The molecule has 32 heavy (non-hydrogen) atoms. The van der Waals surface area contributed by atoms with Crippen molar-refractivity contribution in [2.45, 2.75) is 50.2 Å². The van der Waals surface area contributed by atoms with Gasteiger partial charge in [0.1, 0.15) is 5.54 Å². The highest BCUT2D eigenvalue weighted by molar-refractivity contribution is 5.99. The average molecular weight is 429 g/mol. The summed E-state index contributed by atoms with van der Waals surface area (Å²) in [6.07, 6.45) is 5.31. The number of ether oxygens (including phenoxy) is 1. The van der Waals surface area contributed by atoms with E-state index in [0.29, 0.717) is 17.9 Å². The largest absolute Gasteiger partial charge is 0.381 e. The summed E-state index contributed by atoms with van der Waals surface area (Å²) in [5, 5.41) is 9.32. The molecule has 2 aliphatic carbocycles. The Morgan fingerprint density at radius 1 is 1.16 bits per heavy atom. The van der Waals surface area contributed by atoms with E-state index in [1.807, 2.05) is 24.3 Å². The SMILES string of the molecule is CO[C@H]1CC[C@@]2(CC1)Cc1ccc(-c3cccc(C#N)c3)cc1C21CC(=O)N(C)C(N)=N1. The first-order valence-corrected chi connectivity index (χ1v) is 11.2. The number of carbonyl (C=O) groups is 1. The van der Waals surface area contributed by atoms with Crippen LogP contribution in [0.1, 0.15) is 48.8 Å². The van der Waals surface area contributed by atoms with E-state index in [2.05, 4.69) is 24.3 Å². The van der Waals surface area contributed by atoms with Crippen molar-refractivity contribution in [3.05, 3.63) is 59.2 Å². The Morgan fingerprint density at radius 3 is 2.59 bits per heavy atom. The molecule has 2 N–H and O–H groups in total. The average Bonchev–Trinajstić information content (AvgIpc) is 3.05. The van der Waals surface area contributed by atoms with Gasteiger partial charge in [0.25, 0.3) is 0 Å². The second-order valence-electron chi connectivity index (χ2n) is 9.42. The van der Waals surface area contributed by atoms with Gasteiger partial charge in [-0.1, -0.05) is 24.3 Å². The number of benzene rings is 2. The Bertz CT molecular complexity index is 1160. The van der Waals surface area contributed by atoms with E-state index in [1.54, 1.807) is 14.2 Å². The maximum atomic E-state index is 13.1. The molecule has 3 aliphatic rings. The lowest BCUT2D eigenvalue weighted by Crippen LogP contribution is -2.54. The Balaban J connectivity index is 1.67. The van der Waals surface area contributed by atoms with Crippen LogP contribution in [0.15, 0.2) is 47.5 Å². The molecule has 1 atom stereocenters. The summed E-state index contributed by atoms with van der Waals surface area (Å²) in [4.78, 5) is 19.6. The van der Waals surface area contributed by atoms with Gasteiger partial charge in [-0.15, -0.1) is 0 Å². The number of amides is 1. The summed E-state index contributed by atoms with van der Waals surface area (Å²) in [6, 6.07) is 16.3. The van der Waals surface area contributed by atoms with E-state index >= 15 is 0 Å². The number of nitriles is 1. The van der Waals surface area contributed by atoms with Gasteiger partial charge in [0, 0.05) is 19.6 Å². The predicted octanol–water partition coefficient (Wildman–Crippen LogP) is 3.73. The van der Waals surface area contributed by atoms with Crippen LogP contribution in [0.25, 0.3) is 11.1 Å². The highest BCUT2D eigenvalue weighted by atomic mass is 16.5. The maximum Gasteiger partial charge on any atom is 0.231 e. The normalized spacial score (nSPS) is 29.2. The monoisotopic (exact) mass is 428 g/mol. The molecule has 0 bridgehead atoms. The summed E-state index contributed by atoms with van der Waals surface area (Å²) in [5.41, 5.74) is 10.5. The number of nitrogens with zero attached hydrogens (tertiary/aromatic N) is 3. The lowest BCUT2D eigenvalue weighted by atomic mass is 9.60. The fourth-order valence-electron chi connectivity index (χ4n) is 6.07. The van der Waals surface area contributed by atoms with Crippen molar-refractivity contribution in [2.24, 2.45) is 16.1 Å². The van der Waals surface area contributed by atoms with Gasteiger partial charge in [0.05, 0.1) is 24.2 Å². The number of guanidine groups is 1. The number of rotatable bonds is 2. The zero-order valence-electron chi connectivity index (χ0n) is 18.6. The minimum Gasteiger partial charge on any atom is -0.381 e. The van der Waals surface area contributed by atoms with Crippen molar-refractivity contribution in [1.29, 1.82) is 5.26 Å². The number of fused-ring (bicyclic) bond motifs is 3. The Labute approximate surface area is 188 Å². The molecule has 5 rings (SSSR count). The predicted molar refractivity (Wildman–Crippen MR) is 123 cm³/mol. The molecule has 2 spiro atoms.